The van der Waals surface area contributed by atoms with E-state index in [1.165, 1.54) is 32.0 Å². The predicted octanol–water partition coefficient (Wildman–Crippen LogP) is 1.29. The minimum absolute atomic E-state index is 1.18. The van der Waals surface area contributed by atoms with Crippen LogP contribution in [0, 0.1) is 4.20 Å². The van der Waals surface area contributed by atoms with Crippen molar-refractivity contribution in [2.75, 3.05) is 0 Å². The first kappa shape index (κ1) is 5.47. The number of unbranched alkanes of at least 4 members (excludes halogenated alkanes) is 1. The SMILES string of the molecule is CCC[C]#[W+]. The average Bonchev–Trinajstić information content (AvgIpc) is 1.41. The Morgan fingerprint density at radius 1 is 1.80 bits per heavy atom. The van der Waals surface area contributed by atoms with Gasteiger partial charge in [0, 0.05) is 0 Å². The summed E-state index contributed by atoms with van der Waals surface area (Å²) in [6, 6.07) is 0. The molecule has 0 bridgehead atoms. The quantitative estimate of drug-likeness (QED) is 0.646. The van der Waals surface area contributed by atoms with Gasteiger partial charge >= 0.3 is 43.1 Å². The summed E-state index contributed by atoms with van der Waals surface area (Å²) >= 11 is 1.47. The summed E-state index contributed by atoms with van der Waals surface area (Å²) in [5.41, 5.74) is 0. The fourth-order valence-electron chi connectivity index (χ4n) is 0.102. The van der Waals surface area contributed by atoms with E-state index in [-0.39, 0.29) is 0 Å². The molecule has 0 spiro atoms. The van der Waals surface area contributed by atoms with Crippen LogP contribution in [0.15, 0.2) is 0 Å². The molecule has 0 saturated heterocycles. The molecule has 0 heterocycles. The summed E-state index contributed by atoms with van der Waals surface area (Å²) in [4.78, 5) is 0. The van der Waals surface area contributed by atoms with Gasteiger partial charge in [-0.25, -0.2) is 0 Å². The molecule has 0 aliphatic rings. The minimum atomic E-state index is 1.18. The molecule has 0 atom stereocenters. The van der Waals surface area contributed by atoms with Crippen molar-refractivity contribution in [2.45, 2.75) is 19.8 Å². The first-order valence-electron chi connectivity index (χ1n) is 1.76. The molecule has 0 N–H and O–H groups in total. The van der Waals surface area contributed by atoms with Crippen LogP contribution < -0.4 is 0 Å². The molecular formula is C4H7W+. The molecule has 0 aromatic heterocycles. The Hall–Kier alpha value is 0.468. The van der Waals surface area contributed by atoms with E-state index >= 15 is 0 Å². The summed E-state index contributed by atoms with van der Waals surface area (Å²) < 4.78 is 3.10. The van der Waals surface area contributed by atoms with Crippen molar-refractivity contribution >= 4 is 0 Å². The van der Waals surface area contributed by atoms with E-state index in [1.807, 2.05) is 0 Å². The van der Waals surface area contributed by atoms with Gasteiger partial charge < -0.3 is 0 Å². The van der Waals surface area contributed by atoms with Gasteiger partial charge in [0.1, 0.15) is 0 Å². The molecule has 0 saturated carbocycles. The Morgan fingerprint density at radius 2 is 2.40 bits per heavy atom. The van der Waals surface area contributed by atoms with Crippen molar-refractivity contribution in [3.05, 3.63) is 0 Å². The van der Waals surface area contributed by atoms with Crippen LogP contribution in [-0.4, -0.2) is 0 Å². The monoisotopic (exact) mass is 239 g/mol. The summed E-state index contributed by atoms with van der Waals surface area (Å²) in [6.07, 6.45) is 2.43. The van der Waals surface area contributed by atoms with Gasteiger partial charge in [-0.05, 0) is 0 Å². The number of hydrogen-bond donors (Lipinski definition) is 0. The second-order valence-corrected chi connectivity index (χ2v) is 1.93. The number of hydrogen-bond acceptors (Lipinski definition) is 0. The Balaban J connectivity index is 2.48. The topological polar surface area (TPSA) is 0 Å². The Morgan fingerprint density at radius 3 is 2.40 bits per heavy atom. The van der Waals surface area contributed by atoms with Crippen molar-refractivity contribution < 1.29 is 19.2 Å². The molecule has 0 radical (unpaired) electrons. The zero-order valence-corrected chi connectivity index (χ0v) is 6.26. The van der Waals surface area contributed by atoms with Crippen molar-refractivity contribution in [3.63, 3.8) is 0 Å². The Kier molecular flexibility index (Phi) is 4.89. The number of rotatable bonds is 1. The van der Waals surface area contributed by atoms with E-state index in [1.54, 1.807) is 0 Å². The van der Waals surface area contributed by atoms with E-state index in [4.69, 9.17) is 0 Å². The van der Waals surface area contributed by atoms with Gasteiger partial charge in [0.15, 0.2) is 0 Å². The molecule has 0 aromatic carbocycles. The van der Waals surface area contributed by atoms with Crippen LogP contribution in [0.1, 0.15) is 19.8 Å². The maximum absolute atomic E-state index is 3.10. The second-order valence-electron chi connectivity index (χ2n) is 0.894. The average molecular weight is 239 g/mol. The summed E-state index contributed by atoms with van der Waals surface area (Å²) in [5, 5.41) is 0. The first-order valence-corrected chi connectivity index (χ1v) is 3.23. The first-order chi connectivity index (χ1) is 2.41. The molecule has 0 aromatic rings. The van der Waals surface area contributed by atoms with Crippen molar-refractivity contribution in [2.24, 2.45) is 0 Å². The van der Waals surface area contributed by atoms with Gasteiger partial charge in [-0.1, -0.05) is 0 Å². The van der Waals surface area contributed by atoms with Crippen LogP contribution in [0.25, 0.3) is 0 Å². The molecule has 0 rings (SSSR count). The Bertz CT molecular complexity index is 42.1. The Labute approximate surface area is 43.6 Å². The predicted molar refractivity (Wildman–Crippen MR) is 18.8 cm³/mol. The van der Waals surface area contributed by atoms with Crippen molar-refractivity contribution in [1.29, 1.82) is 0 Å². The van der Waals surface area contributed by atoms with E-state index in [0.29, 0.717) is 0 Å². The molecule has 0 nitrogen and oxygen atoms in total. The van der Waals surface area contributed by atoms with Crippen LogP contribution in [-0.2, 0) is 19.2 Å². The maximum atomic E-state index is 3.10. The third-order valence-electron chi connectivity index (χ3n) is 0.352. The third kappa shape index (κ3) is 4.47. The zero-order valence-electron chi connectivity index (χ0n) is 3.32. The molecular weight excluding hydrogens is 232 g/mol. The summed E-state index contributed by atoms with van der Waals surface area (Å²) in [7, 11) is 0. The molecule has 5 heavy (non-hydrogen) atoms. The van der Waals surface area contributed by atoms with Crippen LogP contribution in [0.3, 0.4) is 0 Å². The van der Waals surface area contributed by atoms with Crippen molar-refractivity contribution in [1.82, 2.24) is 0 Å². The third-order valence-corrected chi connectivity index (χ3v) is 1.09. The van der Waals surface area contributed by atoms with Gasteiger partial charge in [-0.2, -0.15) is 0 Å². The van der Waals surface area contributed by atoms with Gasteiger partial charge in [-0.15, -0.1) is 0 Å². The summed E-state index contributed by atoms with van der Waals surface area (Å²) in [5.74, 6) is 0. The molecule has 0 aliphatic heterocycles. The molecule has 1 heteroatoms. The van der Waals surface area contributed by atoms with Crippen LogP contribution in [0.4, 0.5) is 0 Å². The van der Waals surface area contributed by atoms with E-state index in [0.717, 1.165) is 0 Å². The molecule has 28 valence electrons. The van der Waals surface area contributed by atoms with Crippen LogP contribution in [0.2, 0.25) is 0 Å². The van der Waals surface area contributed by atoms with Crippen molar-refractivity contribution in [3.8, 4) is 4.20 Å². The van der Waals surface area contributed by atoms with E-state index in [9.17, 15) is 0 Å². The molecule has 0 fully saturated rings. The normalized spacial score (nSPS) is 6.40. The fraction of sp³-hybridized carbons (Fsp3) is 0.750. The van der Waals surface area contributed by atoms with Gasteiger partial charge in [0.05, 0.1) is 0 Å². The van der Waals surface area contributed by atoms with E-state index in [2.05, 4.69) is 11.1 Å². The van der Waals surface area contributed by atoms with Gasteiger partial charge in [-0.3, -0.25) is 0 Å². The molecule has 0 aliphatic carbocycles. The zero-order chi connectivity index (χ0) is 4.12. The molecule has 0 unspecified atom stereocenters. The second kappa shape index (κ2) is 4.47. The van der Waals surface area contributed by atoms with Crippen LogP contribution >= 0.6 is 0 Å². The van der Waals surface area contributed by atoms with Gasteiger partial charge in [0.2, 0.25) is 0 Å². The van der Waals surface area contributed by atoms with Gasteiger partial charge in [0.25, 0.3) is 0 Å². The molecule has 0 amide bonds. The van der Waals surface area contributed by atoms with Crippen LogP contribution in [0.5, 0.6) is 0 Å². The standard InChI is InChI=1S/C4H7.W/c1-3-4-2;/h3-4H2,1H3;/q;+1. The fourth-order valence-corrected chi connectivity index (χ4v) is 0.835. The van der Waals surface area contributed by atoms with E-state index < -0.39 is 0 Å². The summed E-state index contributed by atoms with van der Waals surface area (Å²) in [6.45, 7) is 2.16.